The smallest absolute Gasteiger partial charge is 0.405 e. The highest BCUT2D eigenvalue weighted by atomic mass is 35.5. The maximum absolute atomic E-state index is 13.8. The summed E-state index contributed by atoms with van der Waals surface area (Å²) in [6.07, 6.45) is 0.315. The van der Waals surface area contributed by atoms with E-state index in [4.69, 9.17) is 11.6 Å². The zero-order valence-electron chi connectivity index (χ0n) is 17.4. The van der Waals surface area contributed by atoms with E-state index in [2.05, 4.69) is 27.1 Å². The second-order valence-corrected chi connectivity index (χ2v) is 9.51. The number of benzene rings is 1. The van der Waals surface area contributed by atoms with Gasteiger partial charge in [0.15, 0.2) is 0 Å². The van der Waals surface area contributed by atoms with Crippen LogP contribution in [0, 0.1) is 5.82 Å². The minimum Gasteiger partial charge on any atom is -0.465 e. The number of anilines is 1. The summed E-state index contributed by atoms with van der Waals surface area (Å²) >= 11 is 7.55. The maximum Gasteiger partial charge on any atom is 0.405 e. The van der Waals surface area contributed by atoms with Crippen molar-refractivity contribution in [2.45, 2.75) is 30.4 Å². The van der Waals surface area contributed by atoms with Gasteiger partial charge in [-0.2, -0.15) is 0 Å². The minimum atomic E-state index is -1.31. The van der Waals surface area contributed by atoms with Crippen LogP contribution in [0.2, 0.25) is 5.02 Å². The Kier molecular flexibility index (Phi) is 6.71. The molecule has 2 aromatic rings. The second-order valence-electron chi connectivity index (χ2n) is 7.78. The molecule has 0 spiro atoms. The Balaban J connectivity index is 1.44. The number of rotatable bonds is 5. The first-order valence-corrected chi connectivity index (χ1v) is 11.7. The van der Waals surface area contributed by atoms with E-state index in [9.17, 15) is 19.1 Å². The summed E-state index contributed by atoms with van der Waals surface area (Å²) in [7, 11) is 0. The summed E-state index contributed by atoms with van der Waals surface area (Å²) in [5.41, 5.74) is 2.71. The number of nitrogens with zero attached hydrogens (tertiary/aromatic N) is 4. The molecule has 2 amide bonds. The Morgan fingerprint density at radius 2 is 2.06 bits per heavy atom. The first-order valence-electron chi connectivity index (χ1n) is 10.3. The summed E-state index contributed by atoms with van der Waals surface area (Å²) in [5, 5.41) is 11.8. The van der Waals surface area contributed by atoms with Gasteiger partial charge in [0.2, 0.25) is 5.91 Å². The molecule has 11 heteroatoms. The molecule has 1 saturated heterocycles. The number of nitrogens with one attached hydrogen (secondary N) is 1. The molecule has 2 N–H and O–H groups in total. The van der Waals surface area contributed by atoms with E-state index >= 15 is 0 Å². The SMILES string of the molecule is C[C@@H]1SCc2ncnc(N3CCN(C(=O)[C@@H](Cc4ccc(Cl)c(F)c4)NC(=O)O)CC3)c21. The average molecular weight is 480 g/mol. The molecule has 1 aromatic heterocycles. The summed E-state index contributed by atoms with van der Waals surface area (Å²) in [6, 6.07) is 3.19. The number of hydrogen-bond donors (Lipinski definition) is 2. The van der Waals surface area contributed by atoms with Gasteiger partial charge < -0.3 is 20.2 Å². The van der Waals surface area contributed by atoms with Crippen LogP contribution < -0.4 is 10.2 Å². The Labute approximate surface area is 194 Å². The third-order valence-corrected chi connectivity index (χ3v) is 7.21. The van der Waals surface area contributed by atoms with Crippen LogP contribution in [-0.4, -0.2) is 64.2 Å². The number of carboxylic acid groups (broad SMARTS) is 1. The maximum atomic E-state index is 13.8. The molecule has 0 saturated carbocycles. The molecule has 0 bridgehead atoms. The fourth-order valence-electron chi connectivity index (χ4n) is 4.10. The molecule has 2 aliphatic heterocycles. The van der Waals surface area contributed by atoms with Crippen molar-refractivity contribution in [1.29, 1.82) is 0 Å². The van der Waals surface area contributed by atoms with Gasteiger partial charge in [-0.15, -0.1) is 11.8 Å². The molecule has 8 nitrogen and oxygen atoms in total. The van der Waals surface area contributed by atoms with Crippen LogP contribution in [0.3, 0.4) is 0 Å². The minimum absolute atomic E-state index is 0.0251. The fourth-order valence-corrected chi connectivity index (χ4v) is 5.27. The number of halogens is 2. The van der Waals surface area contributed by atoms with Crippen LogP contribution in [0.25, 0.3) is 0 Å². The normalized spacial score (nSPS) is 18.9. The quantitative estimate of drug-likeness (QED) is 0.679. The van der Waals surface area contributed by atoms with Crippen molar-refractivity contribution in [2.75, 3.05) is 31.1 Å². The predicted octanol–water partition coefficient (Wildman–Crippen LogP) is 3.10. The summed E-state index contributed by atoms with van der Waals surface area (Å²) in [6.45, 7) is 4.19. The van der Waals surface area contributed by atoms with Gasteiger partial charge >= 0.3 is 6.09 Å². The number of piperazine rings is 1. The molecule has 2 aliphatic rings. The standard InChI is InChI=1S/C21H23ClFN5O3S/c1-12-18-17(10-32-12)24-11-25-19(18)27-4-6-28(7-5-27)20(29)16(26-21(30)31)9-13-2-3-14(22)15(23)8-13/h2-3,8,11-12,16,26H,4-7,9-10H2,1H3,(H,30,31)/t12-,16+/m0/s1. The number of thioether (sulfide) groups is 1. The van der Waals surface area contributed by atoms with Crippen LogP contribution in [0.1, 0.15) is 29.0 Å². The zero-order chi connectivity index (χ0) is 22.8. The van der Waals surface area contributed by atoms with E-state index in [-0.39, 0.29) is 17.4 Å². The van der Waals surface area contributed by atoms with Crippen molar-refractivity contribution in [3.63, 3.8) is 0 Å². The monoisotopic (exact) mass is 479 g/mol. The molecule has 2 atom stereocenters. The molecule has 1 aromatic carbocycles. The van der Waals surface area contributed by atoms with Crippen molar-refractivity contribution in [1.82, 2.24) is 20.2 Å². The zero-order valence-corrected chi connectivity index (χ0v) is 19.0. The lowest BCUT2D eigenvalue weighted by Crippen LogP contribution is -2.55. The third-order valence-electron chi connectivity index (χ3n) is 5.73. The Morgan fingerprint density at radius 1 is 1.31 bits per heavy atom. The average Bonchev–Trinajstić information content (AvgIpc) is 3.16. The second kappa shape index (κ2) is 9.50. The van der Waals surface area contributed by atoms with E-state index in [1.54, 1.807) is 17.3 Å². The molecule has 32 heavy (non-hydrogen) atoms. The van der Waals surface area contributed by atoms with Gasteiger partial charge in [0, 0.05) is 49.2 Å². The van der Waals surface area contributed by atoms with Gasteiger partial charge in [-0.25, -0.2) is 19.2 Å². The van der Waals surface area contributed by atoms with Crippen molar-refractivity contribution < 1.29 is 19.1 Å². The lowest BCUT2D eigenvalue weighted by atomic mass is 10.0. The highest BCUT2D eigenvalue weighted by Gasteiger charge is 2.32. The number of aromatic nitrogens is 2. The highest BCUT2D eigenvalue weighted by Crippen LogP contribution is 2.44. The van der Waals surface area contributed by atoms with Crippen LogP contribution in [0.5, 0.6) is 0 Å². The molecular formula is C21H23ClFN5O3S. The van der Waals surface area contributed by atoms with Crippen LogP contribution in [0.4, 0.5) is 15.0 Å². The van der Waals surface area contributed by atoms with E-state index < -0.39 is 18.0 Å². The number of fused-ring (bicyclic) bond motifs is 1. The Hall–Kier alpha value is -2.59. The van der Waals surface area contributed by atoms with Crippen LogP contribution in [-0.2, 0) is 17.0 Å². The van der Waals surface area contributed by atoms with Crippen molar-refractivity contribution in [3.05, 3.63) is 52.2 Å². The van der Waals surface area contributed by atoms with Gasteiger partial charge in [-0.3, -0.25) is 4.79 Å². The molecule has 3 heterocycles. The molecule has 0 radical (unpaired) electrons. The largest absolute Gasteiger partial charge is 0.465 e. The number of carbonyl (C=O) groups excluding carboxylic acids is 1. The number of hydrogen-bond acceptors (Lipinski definition) is 6. The number of carbonyl (C=O) groups is 2. The molecule has 170 valence electrons. The van der Waals surface area contributed by atoms with Crippen molar-refractivity contribution in [2.24, 2.45) is 0 Å². The van der Waals surface area contributed by atoms with Crippen molar-refractivity contribution in [3.8, 4) is 0 Å². The van der Waals surface area contributed by atoms with Gasteiger partial charge in [-0.1, -0.05) is 17.7 Å². The van der Waals surface area contributed by atoms with Gasteiger partial charge in [-0.05, 0) is 24.6 Å². The summed E-state index contributed by atoms with van der Waals surface area (Å²) < 4.78 is 13.8. The van der Waals surface area contributed by atoms with Gasteiger partial charge in [0.05, 0.1) is 10.7 Å². The Bertz CT molecular complexity index is 1030. The molecule has 4 rings (SSSR count). The lowest BCUT2D eigenvalue weighted by molar-refractivity contribution is -0.133. The molecule has 0 aliphatic carbocycles. The first-order chi connectivity index (χ1) is 15.3. The lowest BCUT2D eigenvalue weighted by Gasteiger charge is -2.37. The van der Waals surface area contributed by atoms with Gasteiger partial charge in [0.1, 0.15) is 24.0 Å². The van der Waals surface area contributed by atoms with E-state index in [0.29, 0.717) is 37.0 Å². The third kappa shape index (κ3) is 4.75. The summed E-state index contributed by atoms with van der Waals surface area (Å²) in [4.78, 5) is 37.1. The molecule has 1 fully saturated rings. The fraction of sp³-hybridized carbons (Fsp3) is 0.429. The molecular weight excluding hydrogens is 457 g/mol. The van der Waals surface area contributed by atoms with Crippen LogP contribution >= 0.6 is 23.4 Å². The predicted molar refractivity (Wildman–Crippen MR) is 121 cm³/mol. The van der Waals surface area contributed by atoms with Crippen molar-refractivity contribution >= 4 is 41.2 Å². The highest BCUT2D eigenvalue weighted by molar-refractivity contribution is 7.99. The summed E-state index contributed by atoms with van der Waals surface area (Å²) in [5.74, 6) is 0.845. The van der Waals surface area contributed by atoms with E-state index in [0.717, 1.165) is 22.8 Å². The first kappa shape index (κ1) is 22.6. The molecule has 0 unspecified atom stereocenters. The van der Waals surface area contributed by atoms with E-state index in [1.807, 2.05) is 11.8 Å². The Morgan fingerprint density at radius 3 is 2.75 bits per heavy atom. The topological polar surface area (TPSA) is 98.7 Å². The number of amides is 2. The van der Waals surface area contributed by atoms with E-state index in [1.165, 1.54) is 12.1 Å². The van der Waals surface area contributed by atoms with Gasteiger partial charge in [0.25, 0.3) is 0 Å². The van der Waals surface area contributed by atoms with Crippen LogP contribution in [0.15, 0.2) is 24.5 Å².